The van der Waals surface area contributed by atoms with E-state index < -0.39 is 0 Å². The molecule has 0 atom stereocenters. The molecule has 0 heterocycles. The molecule has 1 rings (SSSR count). The third-order valence-electron chi connectivity index (χ3n) is 1.57. The Bertz CT molecular complexity index is 332. The van der Waals surface area contributed by atoms with Crippen LogP contribution in [0.15, 0.2) is 35.9 Å². The molecule has 0 saturated carbocycles. The molecule has 4 heteroatoms. The largest absolute Gasteiger partial charge is 0.497 e. The van der Waals surface area contributed by atoms with E-state index in [-0.39, 0.29) is 5.91 Å². The summed E-state index contributed by atoms with van der Waals surface area (Å²) in [6.45, 7) is 0. The first-order chi connectivity index (χ1) is 6.76. The molecule has 0 bridgehead atoms. The van der Waals surface area contributed by atoms with E-state index in [4.69, 9.17) is 16.3 Å². The van der Waals surface area contributed by atoms with Crippen LogP contribution in [0.4, 0.5) is 5.69 Å². The summed E-state index contributed by atoms with van der Waals surface area (Å²) in [5, 5.41) is 2.63. The molecule has 1 aromatic carbocycles. The highest BCUT2D eigenvalue weighted by Crippen LogP contribution is 2.14. The Morgan fingerprint density at radius 2 is 2.07 bits per heavy atom. The maximum absolute atomic E-state index is 11.1. The van der Waals surface area contributed by atoms with Gasteiger partial charge in [0, 0.05) is 17.3 Å². The monoisotopic (exact) mass is 211 g/mol. The molecule has 3 nitrogen and oxygen atoms in total. The fourth-order valence-corrected chi connectivity index (χ4v) is 1.03. The lowest BCUT2D eigenvalue weighted by Gasteiger charge is -2.03. The highest BCUT2D eigenvalue weighted by Gasteiger charge is 1.97. The Morgan fingerprint density at radius 3 is 2.57 bits per heavy atom. The van der Waals surface area contributed by atoms with Gasteiger partial charge < -0.3 is 10.1 Å². The molecule has 0 aliphatic heterocycles. The Labute approximate surface area is 87.3 Å². The molecule has 1 aromatic rings. The van der Waals surface area contributed by atoms with Gasteiger partial charge in [-0.1, -0.05) is 11.6 Å². The number of hydrogen-bond acceptors (Lipinski definition) is 2. The van der Waals surface area contributed by atoms with E-state index in [0.29, 0.717) is 5.69 Å². The second-order valence-electron chi connectivity index (χ2n) is 2.51. The van der Waals surface area contributed by atoms with Crippen LogP contribution >= 0.6 is 11.6 Å². The lowest BCUT2D eigenvalue weighted by molar-refractivity contribution is -0.111. The zero-order chi connectivity index (χ0) is 10.4. The SMILES string of the molecule is COc1ccc(NC(=O)/C=C/Cl)cc1. The van der Waals surface area contributed by atoms with Crippen molar-refractivity contribution in [2.24, 2.45) is 0 Å². The highest BCUT2D eigenvalue weighted by molar-refractivity contribution is 6.27. The molecular weight excluding hydrogens is 202 g/mol. The van der Waals surface area contributed by atoms with E-state index in [0.717, 1.165) is 5.75 Å². The van der Waals surface area contributed by atoms with Crippen LogP contribution in [0.3, 0.4) is 0 Å². The number of ether oxygens (including phenoxy) is 1. The van der Waals surface area contributed by atoms with Crippen molar-refractivity contribution in [1.29, 1.82) is 0 Å². The average molecular weight is 212 g/mol. The molecule has 74 valence electrons. The van der Waals surface area contributed by atoms with E-state index in [9.17, 15) is 4.79 Å². The van der Waals surface area contributed by atoms with Crippen LogP contribution in [-0.2, 0) is 4.79 Å². The summed E-state index contributed by atoms with van der Waals surface area (Å²) in [5.41, 5.74) is 1.87. The van der Waals surface area contributed by atoms with Crippen molar-refractivity contribution in [3.63, 3.8) is 0 Å². The first-order valence-corrected chi connectivity index (χ1v) is 4.41. The zero-order valence-electron chi connectivity index (χ0n) is 7.66. The Morgan fingerprint density at radius 1 is 1.43 bits per heavy atom. The summed E-state index contributed by atoms with van der Waals surface area (Å²) < 4.78 is 4.97. The lowest BCUT2D eigenvalue weighted by Crippen LogP contribution is -2.07. The molecule has 0 aliphatic carbocycles. The van der Waals surface area contributed by atoms with Gasteiger partial charge in [0.05, 0.1) is 7.11 Å². The summed E-state index contributed by atoms with van der Waals surface area (Å²) in [4.78, 5) is 11.1. The molecule has 0 spiro atoms. The number of halogens is 1. The van der Waals surface area contributed by atoms with Crippen LogP contribution in [0.2, 0.25) is 0 Å². The van der Waals surface area contributed by atoms with Crippen molar-refractivity contribution in [2.75, 3.05) is 12.4 Å². The van der Waals surface area contributed by atoms with Gasteiger partial charge >= 0.3 is 0 Å². The van der Waals surface area contributed by atoms with Crippen LogP contribution < -0.4 is 10.1 Å². The van der Waals surface area contributed by atoms with Crippen molar-refractivity contribution < 1.29 is 9.53 Å². The second-order valence-corrected chi connectivity index (χ2v) is 2.76. The van der Waals surface area contributed by atoms with E-state index in [1.807, 2.05) is 0 Å². The molecule has 0 aliphatic rings. The van der Waals surface area contributed by atoms with Crippen LogP contribution in [0.25, 0.3) is 0 Å². The smallest absolute Gasteiger partial charge is 0.249 e. The molecule has 0 saturated heterocycles. The number of anilines is 1. The number of nitrogens with one attached hydrogen (secondary N) is 1. The predicted octanol–water partition coefficient (Wildman–Crippen LogP) is 2.39. The van der Waals surface area contributed by atoms with Crippen LogP contribution in [0.1, 0.15) is 0 Å². The van der Waals surface area contributed by atoms with Crippen molar-refractivity contribution in [1.82, 2.24) is 0 Å². The normalized spacial score (nSPS) is 10.1. The van der Waals surface area contributed by atoms with Crippen LogP contribution in [0, 0.1) is 0 Å². The highest BCUT2D eigenvalue weighted by atomic mass is 35.5. The number of hydrogen-bond donors (Lipinski definition) is 1. The molecule has 0 radical (unpaired) electrons. The second kappa shape index (κ2) is 5.29. The fourth-order valence-electron chi connectivity index (χ4n) is 0.915. The summed E-state index contributed by atoms with van der Waals surface area (Å²) in [6, 6.07) is 7.03. The number of amides is 1. The van der Waals surface area contributed by atoms with E-state index in [1.165, 1.54) is 11.6 Å². The van der Waals surface area contributed by atoms with E-state index >= 15 is 0 Å². The topological polar surface area (TPSA) is 38.3 Å². The third-order valence-corrected chi connectivity index (χ3v) is 1.70. The Hall–Kier alpha value is -1.48. The maximum atomic E-state index is 11.1. The number of benzene rings is 1. The summed E-state index contributed by atoms with van der Waals surface area (Å²) >= 11 is 5.25. The number of methoxy groups -OCH3 is 1. The number of carbonyl (C=O) groups is 1. The minimum atomic E-state index is -0.259. The number of carbonyl (C=O) groups excluding carboxylic acids is 1. The van der Waals surface area contributed by atoms with Gasteiger partial charge in [-0.25, -0.2) is 0 Å². The fraction of sp³-hybridized carbons (Fsp3) is 0.100. The average Bonchev–Trinajstić information content (AvgIpc) is 2.19. The van der Waals surface area contributed by atoms with Gasteiger partial charge in [-0.2, -0.15) is 0 Å². The van der Waals surface area contributed by atoms with Gasteiger partial charge in [-0.15, -0.1) is 0 Å². The van der Waals surface area contributed by atoms with Gasteiger partial charge in [0.15, 0.2) is 0 Å². The predicted molar refractivity (Wildman–Crippen MR) is 56.6 cm³/mol. The minimum Gasteiger partial charge on any atom is -0.497 e. The molecule has 1 amide bonds. The van der Waals surface area contributed by atoms with Crippen molar-refractivity contribution in [3.8, 4) is 5.75 Å². The standard InChI is InChI=1S/C10H10ClNO2/c1-14-9-4-2-8(3-5-9)12-10(13)6-7-11/h2-7H,1H3,(H,12,13)/b7-6+. The first-order valence-electron chi connectivity index (χ1n) is 3.98. The Balaban J connectivity index is 2.64. The van der Waals surface area contributed by atoms with Crippen LogP contribution in [-0.4, -0.2) is 13.0 Å². The van der Waals surface area contributed by atoms with Crippen molar-refractivity contribution in [3.05, 3.63) is 35.9 Å². The third kappa shape index (κ3) is 3.11. The van der Waals surface area contributed by atoms with Gasteiger partial charge in [-0.3, -0.25) is 4.79 Å². The van der Waals surface area contributed by atoms with Gasteiger partial charge in [-0.05, 0) is 24.3 Å². The van der Waals surface area contributed by atoms with Crippen LogP contribution in [0.5, 0.6) is 5.75 Å². The van der Waals surface area contributed by atoms with Gasteiger partial charge in [0.25, 0.3) is 0 Å². The maximum Gasteiger partial charge on any atom is 0.249 e. The molecular formula is C10H10ClNO2. The van der Waals surface area contributed by atoms with Crippen molar-refractivity contribution in [2.45, 2.75) is 0 Å². The number of rotatable bonds is 3. The first kappa shape index (κ1) is 10.6. The van der Waals surface area contributed by atoms with Gasteiger partial charge in [0.1, 0.15) is 5.75 Å². The zero-order valence-corrected chi connectivity index (χ0v) is 8.41. The summed E-state index contributed by atoms with van der Waals surface area (Å²) in [7, 11) is 1.59. The van der Waals surface area contributed by atoms with E-state index in [2.05, 4.69) is 5.32 Å². The summed E-state index contributed by atoms with van der Waals surface area (Å²) in [6.07, 6.45) is 1.24. The molecule has 0 unspecified atom stereocenters. The molecule has 0 fully saturated rings. The van der Waals surface area contributed by atoms with E-state index in [1.54, 1.807) is 31.4 Å². The molecule has 14 heavy (non-hydrogen) atoms. The Kier molecular flexibility index (Phi) is 4.01. The molecule has 1 N–H and O–H groups in total. The lowest BCUT2D eigenvalue weighted by atomic mass is 10.3. The summed E-state index contributed by atoms with van der Waals surface area (Å²) in [5.74, 6) is 0.487. The van der Waals surface area contributed by atoms with Crippen molar-refractivity contribution >= 4 is 23.2 Å². The quantitative estimate of drug-likeness (QED) is 0.780. The minimum absolute atomic E-state index is 0.259. The molecule has 0 aromatic heterocycles. The van der Waals surface area contributed by atoms with Gasteiger partial charge in [0.2, 0.25) is 5.91 Å².